The van der Waals surface area contributed by atoms with Crippen LogP contribution in [0.3, 0.4) is 0 Å². The lowest BCUT2D eigenvalue weighted by Crippen LogP contribution is -2.36. The molecular weight excluding hydrogens is 422 g/mol. The number of urea groups is 1. The maximum atomic E-state index is 12.7. The molecular formula is C25H27N3O5. The quantitative estimate of drug-likeness (QED) is 0.439. The predicted molar refractivity (Wildman–Crippen MR) is 126 cm³/mol. The number of pyridine rings is 1. The van der Waals surface area contributed by atoms with Crippen molar-refractivity contribution in [3.63, 3.8) is 0 Å². The first-order chi connectivity index (χ1) is 15.7. The number of hydrogen-bond donors (Lipinski definition) is 4. The molecule has 3 aromatic rings. The van der Waals surface area contributed by atoms with Gasteiger partial charge in [-0.25, -0.2) is 4.79 Å². The van der Waals surface area contributed by atoms with Gasteiger partial charge < -0.3 is 25.4 Å². The number of carboxylic acids is 1. The molecule has 3 rings (SSSR count). The number of carboxylic acid groups (broad SMARTS) is 1. The molecule has 0 spiro atoms. The van der Waals surface area contributed by atoms with Crippen LogP contribution in [-0.4, -0.2) is 26.8 Å². The zero-order valence-corrected chi connectivity index (χ0v) is 18.8. The minimum absolute atomic E-state index is 0.266. The van der Waals surface area contributed by atoms with Crippen molar-refractivity contribution >= 4 is 17.7 Å². The summed E-state index contributed by atoms with van der Waals surface area (Å²) < 4.78 is 1.24. The molecule has 0 bridgehead atoms. The van der Waals surface area contributed by atoms with Crippen molar-refractivity contribution in [2.75, 3.05) is 5.32 Å². The molecule has 0 radical (unpaired) electrons. The van der Waals surface area contributed by atoms with Gasteiger partial charge in [-0.1, -0.05) is 48.5 Å². The zero-order chi connectivity index (χ0) is 24.1. The van der Waals surface area contributed by atoms with E-state index in [1.165, 1.54) is 17.8 Å². The third-order valence-electron chi connectivity index (χ3n) is 5.46. The van der Waals surface area contributed by atoms with Crippen LogP contribution in [0.1, 0.15) is 40.3 Å². The van der Waals surface area contributed by atoms with Crippen molar-refractivity contribution in [2.24, 2.45) is 7.05 Å². The first kappa shape index (κ1) is 23.6. The zero-order valence-electron chi connectivity index (χ0n) is 18.8. The lowest BCUT2D eigenvalue weighted by molar-refractivity contribution is -0.137. The number of aromatic nitrogens is 1. The Balaban J connectivity index is 1.84. The average Bonchev–Trinajstić information content (AvgIpc) is 2.76. The molecule has 0 saturated heterocycles. The number of amides is 2. The van der Waals surface area contributed by atoms with Crippen molar-refractivity contribution in [1.82, 2.24) is 9.88 Å². The molecule has 2 aromatic carbocycles. The summed E-state index contributed by atoms with van der Waals surface area (Å²) in [4.78, 5) is 36.4. The first-order valence-electron chi connectivity index (χ1n) is 10.5. The van der Waals surface area contributed by atoms with E-state index in [0.717, 1.165) is 16.7 Å². The Hall–Kier alpha value is -4.07. The smallest absolute Gasteiger partial charge is 0.319 e. The fourth-order valence-electron chi connectivity index (χ4n) is 3.68. The van der Waals surface area contributed by atoms with Gasteiger partial charge in [-0.05, 0) is 42.5 Å². The van der Waals surface area contributed by atoms with E-state index >= 15 is 0 Å². The van der Waals surface area contributed by atoms with E-state index in [4.69, 9.17) is 0 Å². The van der Waals surface area contributed by atoms with E-state index in [1.807, 2.05) is 49.4 Å². The normalized spacial score (nSPS) is 11.6. The van der Waals surface area contributed by atoms with Gasteiger partial charge in [0, 0.05) is 18.8 Å². The van der Waals surface area contributed by atoms with Gasteiger partial charge in [-0.3, -0.25) is 9.59 Å². The summed E-state index contributed by atoms with van der Waals surface area (Å²) in [5, 5.41) is 24.6. The van der Waals surface area contributed by atoms with Crippen LogP contribution in [0.2, 0.25) is 0 Å². The lowest BCUT2D eigenvalue weighted by Gasteiger charge is -2.19. The molecule has 1 aromatic heterocycles. The van der Waals surface area contributed by atoms with Gasteiger partial charge in [0.1, 0.15) is 5.75 Å². The first-order valence-corrected chi connectivity index (χ1v) is 10.5. The number of aryl methyl sites for hydroxylation is 3. The fraction of sp³-hybridized carbons (Fsp3) is 0.240. The molecule has 2 amide bonds. The molecule has 4 N–H and O–H groups in total. The molecule has 0 fully saturated rings. The average molecular weight is 450 g/mol. The van der Waals surface area contributed by atoms with E-state index in [0.29, 0.717) is 17.5 Å². The van der Waals surface area contributed by atoms with E-state index in [1.54, 1.807) is 13.0 Å². The van der Waals surface area contributed by atoms with Gasteiger partial charge in [-0.2, -0.15) is 0 Å². The molecule has 172 valence electrons. The summed E-state index contributed by atoms with van der Waals surface area (Å²) in [5.74, 6) is -1.41. The Morgan fingerprint density at radius 1 is 1.06 bits per heavy atom. The van der Waals surface area contributed by atoms with Gasteiger partial charge in [-0.15, -0.1) is 0 Å². The standard InChI is InChI=1S/C25H27N3O5/c1-15-7-4-5-9-18(15)11-17-8-6-10-19(12-17)20(13-21(29)30)26-25(33)27-22-23(31)16(2)14-28(3)24(22)32/h4-10,12,14,20,31H,11,13H2,1-3H3,(H,29,30)(H2,26,27,33). The predicted octanol–water partition coefficient (Wildman–Crippen LogP) is 3.64. The van der Waals surface area contributed by atoms with Crippen LogP contribution in [0.15, 0.2) is 59.5 Å². The summed E-state index contributed by atoms with van der Waals surface area (Å²) in [6, 6.07) is 13.8. The summed E-state index contributed by atoms with van der Waals surface area (Å²) in [5.41, 5.74) is 3.48. The Morgan fingerprint density at radius 2 is 1.79 bits per heavy atom. The van der Waals surface area contributed by atoms with E-state index < -0.39 is 23.6 Å². The SMILES string of the molecule is Cc1ccccc1Cc1cccc(C(CC(=O)O)NC(=O)Nc2c(O)c(C)cn(C)c2=O)c1. The molecule has 0 saturated carbocycles. The van der Waals surface area contributed by atoms with Crippen LogP contribution in [0.4, 0.5) is 10.5 Å². The molecule has 0 aliphatic carbocycles. The van der Waals surface area contributed by atoms with Crippen molar-refractivity contribution in [3.05, 3.63) is 92.9 Å². The number of carbonyl (C=O) groups excluding carboxylic acids is 1. The molecule has 1 unspecified atom stereocenters. The number of hydrogen-bond acceptors (Lipinski definition) is 4. The summed E-state index contributed by atoms with van der Waals surface area (Å²) in [7, 11) is 1.50. The highest BCUT2D eigenvalue weighted by Crippen LogP contribution is 2.24. The van der Waals surface area contributed by atoms with Crippen molar-refractivity contribution in [3.8, 4) is 5.75 Å². The van der Waals surface area contributed by atoms with Gasteiger partial charge >= 0.3 is 12.0 Å². The van der Waals surface area contributed by atoms with E-state index in [-0.39, 0.29) is 17.9 Å². The highest BCUT2D eigenvalue weighted by molar-refractivity contribution is 5.91. The maximum Gasteiger partial charge on any atom is 0.319 e. The number of anilines is 1. The molecule has 8 heteroatoms. The number of rotatable bonds is 7. The van der Waals surface area contributed by atoms with Crippen molar-refractivity contribution in [2.45, 2.75) is 32.7 Å². The molecule has 33 heavy (non-hydrogen) atoms. The van der Waals surface area contributed by atoms with Crippen LogP contribution in [0.5, 0.6) is 5.75 Å². The molecule has 0 aliphatic heterocycles. The van der Waals surface area contributed by atoms with Crippen LogP contribution < -0.4 is 16.2 Å². The lowest BCUT2D eigenvalue weighted by atomic mass is 9.96. The minimum Gasteiger partial charge on any atom is -0.505 e. The van der Waals surface area contributed by atoms with Gasteiger partial charge in [0.2, 0.25) is 0 Å². The number of aliphatic carboxylic acids is 1. The number of nitrogens with one attached hydrogen (secondary N) is 2. The van der Waals surface area contributed by atoms with Crippen molar-refractivity contribution in [1.29, 1.82) is 0 Å². The highest BCUT2D eigenvalue weighted by Gasteiger charge is 2.21. The maximum absolute atomic E-state index is 12.7. The van der Waals surface area contributed by atoms with Crippen LogP contribution in [0, 0.1) is 13.8 Å². The van der Waals surface area contributed by atoms with Crippen LogP contribution >= 0.6 is 0 Å². The van der Waals surface area contributed by atoms with Gasteiger partial charge in [0.15, 0.2) is 5.69 Å². The van der Waals surface area contributed by atoms with Gasteiger partial charge in [0.25, 0.3) is 5.56 Å². The van der Waals surface area contributed by atoms with Crippen LogP contribution in [-0.2, 0) is 18.3 Å². The van der Waals surface area contributed by atoms with E-state index in [2.05, 4.69) is 10.6 Å². The third-order valence-corrected chi connectivity index (χ3v) is 5.46. The van der Waals surface area contributed by atoms with E-state index in [9.17, 15) is 24.6 Å². The summed E-state index contributed by atoms with van der Waals surface area (Å²) in [6.07, 6.45) is 1.77. The second-order valence-corrected chi connectivity index (χ2v) is 8.05. The molecule has 0 aliphatic rings. The molecule has 8 nitrogen and oxygen atoms in total. The minimum atomic E-state index is -1.08. The van der Waals surface area contributed by atoms with Crippen LogP contribution in [0.25, 0.3) is 0 Å². The number of benzene rings is 2. The summed E-state index contributed by atoms with van der Waals surface area (Å²) in [6.45, 7) is 3.63. The Labute approximate surface area is 191 Å². The Bertz CT molecular complexity index is 1250. The summed E-state index contributed by atoms with van der Waals surface area (Å²) >= 11 is 0. The van der Waals surface area contributed by atoms with Gasteiger partial charge in [0.05, 0.1) is 12.5 Å². The second-order valence-electron chi connectivity index (χ2n) is 8.05. The second kappa shape index (κ2) is 10.0. The topological polar surface area (TPSA) is 121 Å². The molecule has 1 heterocycles. The number of carbonyl (C=O) groups is 2. The fourth-order valence-corrected chi connectivity index (χ4v) is 3.68. The third kappa shape index (κ3) is 5.79. The monoisotopic (exact) mass is 449 g/mol. The Morgan fingerprint density at radius 3 is 2.48 bits per heavy atom. The largest absolute Gasteiger partial charge is 0.505 e. The number of aromatic hydroxyl groups is 1. The molecule has 1 atom stereocenters. The Kier molecular flexibility index (Phi) is 7.17. The highest BCUT2D eigenvalue weighted by atomic mass is 16.4. The number of nitrogens with zero attached hydrogens (tertiary/aromatic N) is 1. The van der Waals surface area contributed by atoms with Crippen molar-refractivity contribution < 1.29 is 19.8 Å².